The second-order valence-corrected chi connectivity index (χ2v) is 7.87. The molecule has 0 fully saturated rings. The Morgan fingerprint density at radius 3 is 2.47 bits per heavy atom. The van der Waals surface area contributed by atoms with Gasteiger partial charge in [0.05, 0.1) is 18.0 Å². The van der Waals surface area contributed by atoms with Gasteiger partial charge in [-0.1, -0.05) is 19.4 Å². The maximum absolute atomic E-state index is 10.6. The third kappa shape index (κ3) is 6.25. The number of ether oxygens (including phenoxy) is 1. The molecule has 3 heterocycles. The van der Waals surface area contributed by atoms with Crippen LogP contribution >= 0.6 is 11.3 Å². The van der Waals surface area contributed by atoms with E-state index in [1.54, 1.807) is 11.3 Å². The summed E-state index contributed by atoms with van der Waals surface area (Å²) in [5.41, 5.74) is 5.09. The van der Waals surface area contributed by atoms with Crippen LogP contribution < -0.4 is 10.1 Å². The number of nitrogens with zero attached hydrogens (tertiary/aromatic N) is 3. The van der Waals surface area contributed by atoms with Gasteiger partial charge in [-0.25, -0.2) is 14.8 Å². The van der Waals surface area contributed by atoms with Gasteiger partial charge in [0.1, 0.15) is 17.1 Å². The molecule has 0 amide bonds. The normalized spacial score (nSPS) is 11.1. The Hall–Kier alpha value is -3.60. The molecule has 11 heteroatoms. The average molecular weight is 493 g/mol. The summed E-state index contributed by atoms with van der Waals surface area (Å²) in [6.45, 7) is 4.83. The molecule has 0 spiro atoms. The summed E-state index contributed by atoms with van der Waals surface area (Å²) in [5.74, 6) is -1.88. The lowest BCUT2D eigenvalue weighted by Crippen LogP contribution is -2.21. The molecule has 0 saturated carbocycles. The van der Waals surface area contributed by atoms with Gasteiger partial charge < -0.3 is 15.2 Å². The molecule has 0 bridgehead atoms. The first kappa shape index (κ1) is 25.0. The largest absolute Gasteiger partial charge is 0.494 e. The number of aliphatic carboxylic acids is 1. The number of imidazole rings is 1. The molecule has 4 rings (SSSR count). The van der Waals surface area contributed by atoms with Crippen LogP contribution in [-0.4, -0.2) is 38.2 Å². The van der Waals surface area contributed by atoms with Crippen molar-refractivity contribution >= 4 is 33.8 Å². The zero-order valence-corrected chi connectivity index (χ0v) is 19.3. The Bertz CT molecular complexity index is 1240. The Labute approximate surface area is 197 Å². The number of thiazole rings is 1. The molecular formula is C23H23F3N4O3S. The van der Waals surface area contributed by atoms with E-state index in [2.05, 4.69) is 28.2 Å². The molecule has 0 saturated heterocycles. The van der Waals surface area contributed by atoms with Crippen LogP contribution in [0, 0.1) is 0 Å². The van der Waals surface area contributed by atoms with E-state index in [4.69, 9.17) is 24.6 Å². The zero-order chi connectivity index (χ0) is 24.7. The standard InChI is InChI=1S/C21H22N4OS.C2HF3O2/c1-3-7-17-20(25-13-6-5-8-19(25)23-17)18-14-27-21(24-18)22-15-9-11-16(12-10-15)26-4-2;3-2(4,5)1(6)7/h5-6,8-14H,3-4,7H2,1-2H3,(H,22,24);(H,6,7). The highest BCUT2D eigenvalue weighted by Gasteiger charge is 2.38. The van der Waals surface area contributed by atoms with Gasteiger partial charge in [0.15, 0.2) is 5.13 Å². The number of benzene rings is 1. The predicted octanol–water partition coefficient (Wildman–Crippen LogP) is 6.19. The van der Waals surface area contributed by atoms with Gasteiger partial charge >= 0.3 is 12.1 Å². The van der Waals surface area contributed by atoms with Crippen LogP contribution in [0.2, 0.25) is 0 Å². The van der Waals surface area contributed by atoms with Crippen LogP contribution in [0.15, 0.2) is 54.0 Å². The minimum Gasteiger partial charge on any atom is -0.494 e. The smallest absolute Gasteiger partial charge is 0.490 e. The van der Waals surface area contributed by atoms with Gasteiger partial charge in [-0.15, -0.1) is 11.3 Å². The Balaban J connectivity index is 0.000000406. The highest BCUT2D eigenvalue weighted by atomic mass is 32.1. The average Bonchev–Trinajstić information content (AvgIpc) is 3.39. The number of fused-ring (bicyclic) bond motifs is 1. The number of nitrogens with one attached hydrogen (secondary N) is 1. The second kappa shape index (κ2) is 11.0. The third-order valence-corrected chi connectivity index (χ3v) is 5.25. The summed E-state index contributed by atoms with van der Waals surface area (Å²) in [6, 6.07) is 14.0. The summed E-state index contributed by atoms with van der Waals surface area (Å²) in [7, 11) is 0. The molecule has 0 unspecified atom stereocenters. The summed E-state index contributed by atoms with van der Waals surface area (Å²) in [4.78, 5) is 18.5. The lowest BCUT2D eigenvalue weighted by atomic mass is 10.2. The van der Waals surface area contributed by atoms with E-state index >= 15 is 0 Å². The lowest BCUT2D eigenvalue weighted by Gasteiger charge is -2.05. The number of aryl methyl sites for hydroxylation is 1. The van der Waals surface area contributed by atoms with E-state index in [1.165, 1.54) is 0 Å². The van der Waals surface area contributed by atoms with Crippen molar-refractivity contribution in [3.05, 3.63) is 59.7 Å². The number of halogens is 3. The van der Waals surface area contributed by atoms with E-state index in [-0.39, 0.29) is 0 Å². The highest BCUT2D eigenvalue weighted by Crippen LogP contribution is 2.31. The van der Waals surface area contributed by atoms with Gasteiger partial charge in [-0.05, 0) is 49.7 Å². The maximum atomic E-state index is 10.6. The van der Waals surface area contributed by atoms with Gasteiger partial charge in [0.25, 0.3) is 0 Å². The first-order valence-electron chi connectivity index (χ1n) is 10.4. The molecule has 0 atom stereocenters. The minimum atomic E-state index is -5.08. The maximum Gasteiger partial charge on any atom is 0.490 e. The number of rotatable bonds is 7. The van der Waals surface area contributed by atoms with E-state index in [1.807, 2.05) is 49.4 Å². The molecule has 2 N–H and O–H groups in total. The predicted molar refractivity (Wildman–Crippen MR) is 125 cm³/mol. The van der Waals surface area contributed by atoms with E-state index < -0.39 is 12.1 Å². The third-order valence-electron chi connectivity index (χ3n) is 4.49. The number of alkyl halides is 3. The number of carbonyl (C=O) groups is 1. The monoisotopic (exact) mass is 492 g/mol. The molecule has 3 aromatic heterocycles. The fraction of sp³-hybridized carbons (Fsp3) is 0.261. The second-order valence-electron chi connectivity index (χ2n) is 7.01. The van der Waals surface area contributed by atoms with Crippen LogP contribution in [0.25, 0.3) is 17.0 Å². The van der Waals surface area contributed by atoms with Gasteiger partial charge in [-0.3, -0.25) is 4.40 Å². The summed E-state index contributed by atoms with van der Waals surface area (Å²) < 4.78 is 39.4. The highest BCUT2D eigenvalue weighted by molar-refractivity contribution is 7.14. The van der Waals surface area contributed by atoms with Crippen LogP contribution in [0.4, 0.5) is 24.0 Å². The molecule has 34 heavy (non-hydrogen) atoms. The van der Waals surface area contributed by atoms with Crippen LogP contribution in [0.5, 0.6) is 5.75 Å². The SMILES string of the molecule is CCCc1nc2ccccn2c1-c1csc(Nc2ccc(OCC)cc2)n1.O=C(O)C(F)(F)F. The van der Waals surface area contributed by atoms with Crippen molar-refractivity contribution in [3.63, 3.8) is 0 Å². The fourth-order valence-electron chi connectivity index (χ4n) is 3.09. The molecule has 0 aliphatic heterocycles. The number of hydrogen-bond donors (Lipinski definition) is 2. The first-order chi connectivity index (χ1) is 16.2. The molecular weight excluding hydrogens is 469 g/mol. The van der Waals surface area contributed by atoms with Crippen molar-refractivity contribution < 1.29 is 27.8 Å². The molecule has 1 aromatic carbocycles. The van der Waals surface area contributed by atoms with E-state index in [0.29, 0.717) is 6.61 Å². The molecule has 7 nitrogen and oxygen atoms in total. The summed E-state index contributed by atoms with van der Waals surface area (Å²) in [6.07, 6.45) is -1.04. The van der Waals surface area contributed by atoms with Crippen molar-refractivity contribution in [2.24, 2.45) is 0 Å². The van der Waals surface area contributed by atoms with Crippen molar-refractivity contribution in [3.8, 4) is 17.1 Å². The van der Waals surface area contributed by atoms with Gasteiger partial charge in [0.2, 0.25) is 0 Å². The van der Waals surface area contributed by atoms with Gasteiger partial charge in [0, 0.05) is 17.3 Å². The van der Waals surface area contributed by atoms with Crippen LogP contribution in [-0.2, 0) is 11.2 Å². The number of hydrogen-bond acceptors (Lipinski definition) is 6. The molecule has 180 valence electrons. The molecule has 0 aliphatic rings. The number of aromatic nitrogens is 3. The van der Waals surface area contributed by atoms with Gasteiger partial charge in [-0.2, -0.15) is 13.2 Å². The number of carboxylic acids is 1. The Morgan fingerprint density at radius 2 is 1.85 bits per heavy atom. The quantitative estimate of drug-likeness (QED) is 0.320. The van der Waals surface area contributed by atoms with Crippen LogP contribution in [0.1, 0.15) is 26.0 Å². The summed E-state index contributed by atoms with van der Waals surface area (Å²) in [5, 5.41) is 13.5. The Kier molecular flexibility index (Phi) is 8.11. The van der Waals surface area contributed by atoms with E-state index in [9.17, 15) is 13.2 Å². The number of anilines is 2. The first-order valence-corrected chi connectivity index (χ1v) is 11.3. The lowest BCUT2D eigenvalue weighted by molar-refractivity contribution is -0.192. The molecule has 0 aliphatic carbocycles. The molecule has 4 aromatic rings. The van der Waals surface area contributed by atoms with Crippen molar-refractivity contribution in [1.82, 2.24) is 14.4 Å². The van der Waals surface area contributed by atoms with Crippen molar-refractivity contribution in [1.29, 1.82) is 0 Å². The number of carboxylic acid groups (broad SMARTS) is 1. The molecule has 0 radical (unpaired) electrons. The van der Waals surface area contributed by atoms with Crippen molar-refractivity contribution in [2.45, 2.75) is 32.9 Å². The number of pyridine rings is 1. The summed E-state index contributed by atoms with van der Waals surface area (Å²) >= 11 is 1.60. The van der Waals surface area contributed by atoms with Crippen LogP contribution in [0.3, 0.4) is 0 Å². The fourth-order valence-corrected chi connectivity index (χ4v) is 3.81. The topological polar surface area (TPSA) is 88.8 Å². The minimum absolute atomic E-state index is 0.669. The Morgan fingerprint density at radius 1 is 1.15 bits per heavy atom. The van der Waals surface area contributed by atoms with E-state index in [0.717, 1.165) is 52.1 Å². The zero-order valence-electron chi connectivity index (χ0n) is 18.5. The van der Waals surface area contributed by atoms with Crippen molar-refractivity contribution in [2.75, 3.05) is 11.9 Å².